The lowest BCUT2D eigenvalue weighted by molar-refractivity contribution is 0.0367. The Morgan fingerprint density at radius 3 is 2.52 bits per heavy atom. The van der Waals surface area contributed by atoms with Crippen LogP contribution < -0.4 is 5.32 Å². The van der Waals surface area contributed by atoms with Gasteiger partial charge in [0.2, 0.25) is 0 Å². The Kier molecular flexibility index (Phi) is 6.16. The van der Waals surface area contributed by atoms with Gasteiger partial charge in [-0.2, -0.15) is 0 Å². The summed E-state index contributed by atoms with van der Waals surface area (Å²) in [5.74, 6) is 0.782. The number of aromatic nitrogens is 2. The summed E-state index contributed by atoms with van der Waals surface area (Å²) < 4.78 is 0. The fraction of sp³-hybridized carbons (Fsp3) is 0.667. The Hall–Kier alpha value is -1.14. The molecule has 6 heteroatoms. The van der Waals surface area contributed by atoms with Crippen LogP contribution in [0.3, 0.4) is 0 Å². The number of nitrogens with one attached hydrogen (secondary N) is 1. The molecule has 2 N–H and O–H groups in total. The third-order valence-corrected chi connectivity index (χ3v) is 3.75. The van der Waals surface area contributed by atoms with Crippen molar-refractivity contribution < 1.29 is 9.90 Å². The van der Waals surface area contributed by atoms with Gasteiger partial charge < -0.3 is 10.4 Å². The normalized spacial score (nSPS) is 14.1. The van der Waals surface area contributed by atoms with Crippen LogP contribution in [0.2, 0.25) is 0 Å². The predicted molar refractivity (Wildman–Crippen MR) is 85.7 cm³/mol. The van der Waals surface area contributed by atoms with Crippen molar-refractivity contribution >= 4 is 17.7 Å². The van der Waals surface area contributed by atoms with Crippen LogP contribution in [0.1, 0.15) is 49.1 Å². The van der Waals surface area contributed by atoms with Crippen LogP contribution in [-0.2, 0) is 0 Å². The number of hydrogen-bond acceptors (Lipinski definition) is 5. The van der Waals surface area contributed by atoms with Crippen molar-refractivity contribution in [1.82, 2.24) is 15.3 Å². The van der Waals surface area contributed by atoms with Gasteiger partial charge in [0, 0.05) is 6.54 Å². The van der Waals surface area contributed by atoms with E-state index in [-0.39, 0.29) is 12.5 Å². The molecule has 1 aromatic rings. The maximum Gasteiger partial charge on any atom is 0.255 e. The summed E-state index contributed by atoms with van der Waals surface area (Å²) >= 11 is 1.42. The Morgan fingerprint density at radius 1 is 1.38 bits per heavy atom. The Morgan fingerprint density at radius 2 is 2.00 bits per heavy atom. The summed E-state index contributed by atoms with van der Waals surface area (Å²) in [6.07, 6.45) is 2.51. The molecule has 1 amide bonds. The van der Waals surface area contributed by atoms with Crippen LogP contribution in [0.25, 0.3) is 0 Å². The molecule has 0 bridgehead atoms. The van der Waals surface area contributed by atoms with Gasteiger partial charge in [-0.1, -0.05) is 13.8 Å². The largest absolute Gasteiger partial charge is 0.388 e. The number of carbonyl (C=O) groups is 1. The van der Waals surface area contributed by atoms with Crippen LogP contribution in [0.4, 0.5) is 0 Å². The molecule has 0 aliphatic carbocycles. The molecule has 0 saturated carbocycles. The first-order valence-corrected chi connectivity index (χ1v) is 8.28. The first-order chi connectivity index (χ1) is 9.66. The maximum atomic E-state index is 12.4. The number of rotatable bonds is 6. The second kappa shape index (κ2) is 7.22. The van der Waals surface area contributed by atoms with Crippen molar-refractivity contribution in [3.63, 3.8) is 0 Å². The van der Waals surface area contributed by atoms with E-state index in [0.717, 1.165) is 0 Å². The molecule has 0 radical (unpaired) electrons. The molecule has 1 aromatic heterocycles. The van der Waals surface area contributed by atoms with Gasteiger partial charge in [-0.3, -0.25) is 4.79 Å². The molecule has 0 aliphatic heterocycles. The van der Waals surface area contributed by atoms with Crippen molar-refractivity contribution in [2.45, 2.75) is 51.7 Å². The van der Waals surface area contributed by atoms with Gasteiger partial charge >= 0.3 is 0 Å². The smallest absolute Gasteiger partial charge is 0.255 e. The second-order valence-corrected chi connectivity index (χ2v) is 6.81. The minimum absolute atomic E-state index is 0.213. The van der Waals surface area contributed by atoms with E-state index < -0.39 is 5.60 Å². The molecule has 1 unspecified atom stereocenters. The summed E-state index contributed by atoms with van der Waals surface area (Å²) in [6.45, 7) is 9.64. The van der Waals surface area contributed by atoms with Crippen LogP contribution >= 0.6 is 11.8 Å². The minimum atomic E-state index is -0.914. The second-order valence-electron chi connectivity index (χ2n) is 6.02. The fourth-order valence-corrected chi connectivity index (χ4v) is 3.07. The van der Waals surface area contributed by atoms with Crippen molar-refractivity contribution in [2.75, 3.05) is 12.8 Å². The molecule has 0 spiro atoms. The maximum absolute atomic E-state index is 12.4. The summed E-state index contributed by atoms with van der Waals surface area (Å²) in [5, 5.41) is 13.7. The average Bonchev–Trinajstić information content (AvgIpc) is 2.33. The molecular weight excluding hydrogens is 286 g/mol. The fourth-order valence-electron chi connectivity index (χ4n) is 2.40. The van der Waals surface area contributed by atoms with Gasteiger partial charge in [-0.05, 0) is 39.4 Å². The van der Waals surface area contributed by atoms with E-state index in [2.05, 4.69) is 15.3 Å². The minimum Gasteiger partial charge on any atom is -0.388 e. The summed E-state index contributed by atoms with van der Waals surface area (Å²) in [7, 11) is 0. The molecule has 1 rings (SSSR count). The van der Waals surface area contributed by atoms with Crippen molar-refractivity contribution in [3.05, 3.63) is 17.1 Å². The van der Waals surface area contributed by atoms with E-state index in [4.69, 9.17) is 0 Å². The number of aryl methyl sites for hydroxylation is 2. The van der Waals surface area contributed by atoms with E-state index in [1.54, 1.807) is 13.8 Å². The predicted octanol–water partition coefficient (Wildman–Crippen LogP) is 2.34. The number of thioether (sulfide) groups is 1. The van der Waals surface area contributed by atoms with Crippen LogP contribution in [0, 0.1) is 19.8 Å². The number of nitrogens with zero attached hydrogens (tertiary/aromatic N) is 2. The topological polar surface area (TPSA) is 75.1 Å². The highest BCUT2D eigenvalue weighted by molar-refractivity contribution is 7.98. The van der Waals surface area contributed by atoms with Crippen LogP contribution in [0.5, 0.6) is 0 Å². The molecular formula is C15H25N3O2S. The number of aliphatic hydroxyl groups is 1. The van der Waals surface area contributed by atoms with E-state index in [1.807, 2.05) is 27.0 Å². The number of amides is 1. The number of carbonyl (C=O) groups excluding carboxylic acids is 1. The van der Waals surface area contributed by atoms with Gasteiger partial charge in [0.05, 0.1) is 16.9 Å². The highest BCUT2D eigenvalue weighted by atomic mass is 32.2. The van der Waals surface area contributed by atoms with E-state index >= 15 is 0 Å². The first-order valence-electron chi connectivity index (χ1n) is 7.06. The molecule has 21 heavy (non-hydrogen) atoms. The molecule has 0 aliphatic rings. The molecule has 0 fully saturated rings. The van der Waals surface area contributed by atoms with Crippen molar-refractivity contribution in [1.29, 1.82) is 0 Å². The lowest BCUT2D eigenvalue weighted by atomic mass is 9.94. The highest BCUT2D eigenvalue weighted by Gasteiger charge is 2.24. The zero-order valence-corrected chi connectivity index (χ0v) is 14.5. The molecule has 118 valence electrons. The SMILES string of the molecule is CSc1nc(C)nc(C)c1C(=O)NCC(C)(O)CC(C)C. The molecule has 0 saturated heterocycles. The van der Waals surface area contributed by atoms with E-state index in [1.165, 1.54) is 11.8 Å². The lowest BCUT2D eigenvalue weighted by Crippen LogP contribution is -2.42. The third kappa shape index (κ3) is 5.28. The van der Waals surface area contributed by atoms with Crippen molar-refractivity contribution in [2.24, 2.45) is 5.92 Å². The van der Waals surface area contributed by atoms with Gasteiger partial charge in [0.15, 0.2) is 0 Å². The van der Waals surface area contributed by atoms with Gasteiger partial charge in [-0.15, -0.1) is 11.8 Å². The zero-order valence-electron chi connectivity index (χ0n) is 13.6. The number of hydrogen-bond donors (Lipinski definition) is 2. The first kappa shape index (κ1) is 17.9. The highest BCUT2D eigenvalue weighted by Crippen LogP contribution is 2.21. The van der Waals surface area contributed by atoms with Crippen molar-refractivity contribution in [3.8, 4) is 0 Å². The standard InChI is InChI=1S/C15H25N3O2S/c1-9(2)7-15(5,20)8-16-13(19)12-10(3)17-11(4)18-14(12)21-6/h9,20H,7-8H2,1-6H3,(H,16,19). The van der Waals surface area contributed by atoms with Crippen LogP contribution in [-0.4, -0.2) is 39.4 Å². The summed E-state index contributed by atoms with van der Waals surface area (Å²) in [6, 6.07) is 0. The zero-order chi connectivity index (χ0) is 16.2. The van der Waals surface area contributed by atoms with Gasteiger partial charge in [0.25, 0.3) is 5.91 Å². The van der Waals surface area contributed by atoms with E-state index in [9.17, 15) is 9.90 Å². The summed E-state index contributed by atoms with van der Waals surface area (Å²) in [4.78, 5) is 20.9. The third-order valence-electron chi connectivity index (χ3n) is 3.07. The van der Waals surface area contributed by atoms with E-state index in [0.29, 0.717) is 34.4 Å². The van der Waals surface area contributed by atoms with Gasteiger partial charge in [-0.25, -0.2) is 9.97 Å². The Labute approximate surface area is 131 Å². The van der Waals surface area contributed by atoms with Crippen LogP contribution in [0.15, 0.2) is 5.03 Å². The van der Waals surface area contributed by atoms with Gasteiger partial charge in [0.1, 0.15) is 10.9 Å². The lowest BCUT2D eigenvalue weighted by Gasteiger charge is -2.25. The average molecular weight is 311 g/mol. The molecule has 0 aromatic carbocycles. The Bertz CT molecular complexity index is 516. The summed E-state index contributed by atoms with van der Waals surface area (Å²) in [5.41, 5.74) is 0.240. The monoisotopic (exact) mass is 311 g/mol. The quantitative estimate of drug-likeness (QED) is 0.623. The molecule has 5 nitrogen and oxygen atoms in total. The molecule has 1 atom stereocenters. The molecule has 1 heterocycles. The Balaban J connectivity index is 2.86.